The summed E-state index contributed by atoms with van der Waals surface area (Å²) in [6, 6.07) is 20.9. The van der Waals surface area contributed by atoms with Crippen molar-refractivity contribution in [1.29, 1.82) is 0 Å². The molecule has 0 atom stereocenters. The summed E-state index contributed by atoms with van der Waals surface area (Å²) in [6.07, 6.45) is 1.44. The molecule has 0 spiro atoms. The second kappa shape index (κ2) is 10.8. The van der Waals surface area contributed by atoms with E-state index in [1.165, 1.54) is 25.0 Å². The number of amides is 2. The Hall–Kier alpha value is -4.50. The van der Waals surface area contributed by atoms with Crippen LogP contribution < -0.4 is 24.4 Å². The van der Waals surface area contributed by atoms with E-state index in [0.717, 1.165) is 0 Å². The molecule has 3 aromatic rings. The molecule has 3 aromatic carbocycles. The number of para-hydroxylation sites is 1. The molecular weight excluding hydrogens is 480 g/mol. The zero-order chi connectivity index (χ0) is 25.7. The molecule has 1 aliphatic heterocycles. The van der Waals surface area contributed by atoms with Crippen LogP contribution in [0, 0.1) is 0 Å². The van der Waals surface area contributed by atoms with Gasteiger partial charge in [-0.2, -0.15) is 0 Å². The van der Waals surface area contributed by atoms with Crippen LogP contribution in [0.4, 0.5) is 5.69 Å². The summed E-state index contributed by atoms with van der Waals surface area (Å²) < 4.78 is 16.6. The molecule has 0 saturated carbocycles. The largest absolute Gasteiger partial charge is 0.493 e. The van der Waals surface area contributed by atoms with E-state index in [9.17, 15) is 14.4 Å². The highest BCUT2D eigenvalue weighted by Crippen LogP contribution is 2.30. The Balaban J connectivity index is 1.57. The maximum Gasteiger partial charge on any atom is 0.270 e. The molecule has 1 N–H and O–H groups in total. The van der Waals surface area contributed by atoms with Crippen LogP contribution in [0.3, 0.4) is 0 Å². The van der Waals surface area contributed by atoms with E-state index in [-0.39, 0.29) is 23.1 Å². The number of carbonyl (C=O) groups is 3. The lowest BCUT2D eigenvalue weighted by Gasteiger charge is -2.29. The van der Waals surface area contributed by atoms with E-state index < -0.39 is 11.8 Å². The number of ether oxygens (including phenoxy) is 3. The number of nitrogens with one attached hydrogen (secondary N) is 1. The molecule has 0 aromatic heterocycles. The van der Waals surface area contributed by atoms with E-state index in [0.29, 0.717) is 34.2 Å². The van der Waals surface area contributed by atoms with Gasteiger partial charge in [-0.25, -0.2) is 0 Å². The number of carbonyl (C=O) groups excluding carboxylic acids is 3. The van der Waals surface area contributed by atoms with Crippen LogP contribution in [0.2, 0.25) is 0 Å². The lowest BCUT2D eigenvalue weighted by Crippen LogP contribution is -2.54. The monoisotopic (exact) mass is 502 g/mol. The van der Waals surface area contributed by atoms with E-state index in [1.54, 1.807) is 42.5 Å². The van der Waals surface area contributed by atoms with Gasteiger partial charge < -0.3 is 14.2 Å². The summed E-state index contributed by atoms with van der Waals surface area (Å²) in [7, 11) is 1.46. The molecule has 0 unspecified atom stereocenters. The van der Waals surface area contributed by atoms with Crippen LogP contribution in [0.15, 0.2) is 78.4 Å². The number of thiocarbonyl (C=S) groups is 1. The van der Waals surface area contributed by atoms with Gasteiger partial charge in [0.1, 0.15) is 23.7 Å². The highest BCUT2D eigenvalue weighted by Gasteiger charge is 2.34. The van der Waals surface area contributed by atoms with Crippen molar-refractivity contribution in [1.82, 2.24) is 5.32 Å². The lowest BCUT2D eigenvalue weighted by atomic mass is 10.1. The van der Waals surface area contributed by atoms with E-state index in [1.807, 2.05) is 30.3 Å². The molecule has 0 bridgehead atoms. The molecule has 0 radical (unpaired) electrons. The lowest BCUT2D eigenvalue weighted by molar-refractivity contribution is -0.122. The van der Waals surface area contributed by atoms with Gasteiger partial charge in [-0.1, -0.05) is 24.3 Å². The summed E-state index contributed by atoms with van der Waals surface area (Å²) in [6.45, 7) is 1.32. The molecule has 2 amide bonds. The number of hydrogen-bond donors (Lipinski definition) is 1. The van der Waals surface area contributed by atoms with E-state index in [4.69, 9.17) is 26.4 Å². The second-order valence-electron chi connectivity index (χ2n) is 7.77. The minimum absolute atomic E-state index is 0.0237. The second-order valence-corrected chi connectivity index (χ2v) is 8.15. The molecular formula is C27H22N2O6S. The van der Waals surface area contributed by atoms with Crippen molar-refractivity contribution in [3.8, 4) is 23.0 Å². The average Bonchev–Trinajstić information content (AvgIpc) is 2.87. The third-order valence-electron chi connectivity index (χ3n) is 5.11. The van der Waals surface area contributed by atoms with Crippen molar-refractivity contribution in [2.24, 2.45) is 0 Å². The molecule has 4 rings (SSSR count). The molecule has 8 nitrogen and oxygen atoms in total. The first-order valence-corrected chi connectivity index (χ1v) is 11.3. The molecule has 1 fully saturated rings. The van der Waals surface area contributed by atoms with Crippen molar-refractivity contribution in [2.45, 2.75) is 6.92 Å². The predicted molar refractivity (Wildman–Crippen MR) is 138 cm³/mol. The summed E-state index contributed by atoms with van der Waals surface area (Å²) in [4.78, 5) is 38.4. The standard InChI is InChI=1S/C27H22N2O6S/c1-17(30)16-34-23-13-8-18(15-24(23)33-2)14-22-25(31)28-27(36)29(26(22)32)19-9-11-21(12-10-19)35-20-6-4-3-5-7-20/h3-15H,16H2,1-2H3,(H,28,31,36)/b22-14+. The van der Waals surface area contributed by atoms with Crippen molar-refractivity contribution >= 4 is 46.7 Å². The highest BCUT2D eigenvalue weighted by molar-refractivity contribution is 7.80. The van der Waals surface area contributed by atoms with Crippen molar-refractivity contribution in [3.63, 3.8) is 0 Å². The minimum atomic E-state index is -0.610. The van der Waals surface area contributed by atoms with Crippen molar-refractivity contribution in [3.05, 3.63) is 83.9 Å². The predicted octanol–water partition coefficient (Wildman–Crippen LogP) is 4.29. The highest BCUT2D eigenvalue weighted by atomic mass is 32.1. The Kier molecular flexibility index (Phi) is 7.41. The zero-order valence-corrected chi connectivity index (χ0v) is 20.3. The van der Waals surface area contributed by atoms with Crippen LogP contribution in [0.1, 0.15) is 12.5 Å². The normalized spacial score (nSPS) is 14.4. The Morgan fingerprint density at radius 3 is 2.33 bits per heavy atom. The first kappa shape index (κ1) is 24.6. The Bertz CT molecular complexity index is 1350. The Morgan fingerprint density at radius 2 is 1.67 bits per heavy atom. The van der Waals surface area contributed by atoms with E-state index in [2.05, 4.69) is 5.32 Å². The smallest absolute Gasteiger partial charge is 0.270 e. The van der Waals surface area contributed by atoms with Gasteiger partial charge in [-0.15, -0.1) is 0 Å². The number of Topliss-reactive ketones (excluding diaryl/α,β-unsaturated/α-hetero) is 1. The molecule has 36 heavy (non-hydrogen) atoms. The maximum absolute atomic E-state index is 13.3. The summed E-state index contributed by atoms with van der Waals surface area (Å²) in [5.74, 6) is 0.672. The quantitative estimate of drug-likeness (QED) is 0.279. The van der Waals surface area contributed by atoms with Gasteiger partial charge in [-0.3, -0.25) is 24.6 Å². The van der Waals surface area contributed by atoms with Crippen LogP contribution in [-0.2, 0) is 14.4 Å². The number of hydrogen-bond acceptors (Lipinski definition) is 7. The first-order valence-electron chi connectivity index (χ1n) is 10.9. The Morgan fingerprint density at radius 1 is 0.972 bits per heavy atom. The number of nitrogens with zero attached hydrogens (tertiary/aromatic N) is 1. The fraction of sp³-hybridized carbons (Fsp3) is 0.111. The van der Waals surface area contributed by atoms with E-state index >= 15 is 0 Å². The fourth-order valence-electron chi connectivity index (χ4n) is 3.42. The van der Waals surface area contributed by atoms with Crippen LogP contribution in [0.5, 0.6) is 23.0 Å². The van der Waals surface area contributed by atoms with Gasteiger partial charge in [0.05, 0.1) is 12.8 Å². The number of rotatable bonds is 8. The average molecular weight is 503 g/mol. The van der Waals surface area contributed by atoms with Crippen LogP contribution in [0.25, 0.3) is 6.08 Å². The number of ketones is 1. The van der Waals surface area contributed by atoms with Crippen LogP contribution >= 0.6 is 12.2 Å². The van der Waals surface area contributed by atoms with Gasteiger partial charge in [0.15, 0.2) is 22.4 Å². The third-order valence-corrected chi connectivity index (χ3v) is 5.39. The molecule has 9 heteroatoms. The number of anilines is 1. The van der Waals surface area contributed by atoms with Gasteiger partial charge >= 0.3 is 0 Å². The first-order chi connectivity index (χ1) is 17.4. The van der Waals surface area contributed by atoms with Gasteiger partial charge in [-0.05, 0) is 79.3 Å². The molecule has 1 saturated heterocycles. The number of benzene rings is 3. The van der Waals surface area contributed by atoms with Crippen molar-refractivity contribution in [2.75, 3.05) is 18.6 Å². The maximum atomic E-state index is 13.3. The topological polar surface area (TPSA) is 94.2 Å². The summed E-state index contributed by atoms with van der Waals surface area (Å²) in [5.41, 5.74) is 0.898. The number of methoxy groups -OCH3 is 1. The SMILES string of the molecule is COc1cc(/C=C2\C(=O)NC(=S)N(c3ccc(Oc4ccccc4)cc3)C2=O)ccc1OCC(C)=O. The third kappa shape index (κ3) is 5.59. The van der Waals surface area contributed by atoms with Crippen molar-refractivity contribution < 1.29 is 28.6 Å². The molecule has 0 aliphatic carbocycles. The van der Waals surface area contributed by atoms with Gasteiger partial charge in [0.25, 0.3) is 11.8 Å². The van der Waals surface area contributed by atoms with Gasteiger partial charge in [0.2, 0.25) is 0 Å². The molecule has 1 heterocycles. The Labute approximate surface area is 213 Å². The minimum Gasteiger partial charge on any atom is -0.493 e. The van der Waals surface area contributed by atoms with Gasteiger partial charge in [0, 0.05) is 0 Å². The summed E-state index contributed by atoms with van der Waals surface area (Å²) >= 11 is 5.28. The molecule has 1 aliphatic rings. The van der Waals surface area contributed by atoms with Crippen LogP contribution in [-0.4, -0.2) is 36.4 Å². The molecule has 182 valence electrons. The summed E-state index contributed by atoms with van der Waals surface area (Å²) in [5, 5.41) is 2.54. The fourth-order valence-corrected chi connectivity index (χ4v) is 3.70. The zero-order valence-electron chi connectivity index (χ0n) is 19.5.